The molecule has 2 aromatic carbocycles. The highest BCUT2D eigenvalue weighted by molar-refractivity contribution is 7.98. The summed E-state index contributed by atoms with van der Waals surface area (Å²) in [5.41, 5.74) is 3.48. The van der Waals surface area contributed by atoms with E-state index in [0.717, 1.165) is 16.9 Å². The quantitative estimate of drug-likeness (QED) is 0.475. The van der Waals surface area contributed by atoms with E-state index in [1.807, 2.05) is 62.6 Å². The Kier molecular flexibility index (Phi) is 5.34. The molecule has 154 valence electrons. The predicted octanol–water partition coefficient (Wildman–Crippen LogP) is 2.85. The molecule has 8 heteroatoms. The number of hydrogen-bond acceptors (Lipinski definition) is 6. The summed E-state index contributed by atoms with van der Waals surface area (Å²) in [6, 6.07) is 13.1. The van der Waals surface area contributed by atoms with Crippen molar-refractivity contribution in [2.75, 3.05) is 18.3 Å². The summed E-state index contributed by atoms with van der Waals surface area (Å²) in [5.74, 6) is 0.335. The van der Waals surface area contributed by atoms with Crippen LogP contribution in [0.3, 0.4) is 0 Å². The Morgan fingerprint density at radius 3 is 2.73 bits per heavy atom. The molecule has 0 bridgehead atoms. The van der Waals surface area contributed by atoms with Gasteiger partial charge in [-0.25, -0.2) is 9.88 Å². The molecular formula is C22H22N4O3S. The predicted molar refractivity (Wildman–Crippen MR) is 113 cm³/mol. The molecule has 1 amide bonds. The molecule has 4 rings (SSSR count). The van der Waals surface area contributed by atoms with E-state index in [2.05, 4.69) is 10.1 Å². The fourth-order valence-electron chi connectivity index (χ4n) is 3.82. The third-order valence-electron chi connectivity index (χ3n) is 5.19. The van der Waals surface area contributed by atoms with Crippen molar-refractivity contribution in [2.24, 2.45) is 0 Å². The SMILES string of the molecule is CCC(=O)N1c2ccccc2-c2c([O-])nc(SC)n[n+]2C1c1ccc(OC)c(C)c1. The van der Waals surface area contributed by atoms with E-state index in [9.17, 15) is 9.90 Å². The molecule has 7 nitrogen and oxygen atoms in total. The lowest BCUT2D eigenvalue weighted by Crippen LogP contribution is -2.59. The first-order valence-corrected chi connectivity index (χ1v) is 10.8. The number of rotatable bonds is 4. The number of hydrogen-bond donors (Lipinski definition) is 0. The van der Waals surface area contributed by atoms with Gasteiger partial charge in [0.1, 0.15) is 5.75 Å². The second kappa shape index (κ2) is 7.95. The van der Waals surface area contributed by atoms with Crippen LogP contribution in [0.1, 0.15) is 30.6 Å². The van der Waals surface area contributed by atoms with Crippen molar-refractivity contribution in [1.29, 1.82) is 0 Å². The molecule has 1 aliphatic rings. The largest absolute Gasteiger partial charge is 0.854 e. The number of methoxy groups -OCH3 is 1. The monoisotopic (exact) mass is 422 g/mol. The molecule has 3 aromatic rings. The first-order valence-electron chi connectivity index (χ1n) is 9.61. The summed E-state index contributed by atoms with van der Waals surface area (Å²) < 4.78 is 7.04. The van der Waals surface area contributed by atoms with Crippen LogP contribution in [-0.2, 0) is 4.79 Å². The van der Waals surface area contributed by atoms with Gasteiger partial charge < -0.3 is 9.84 Å². The van der Waals surface area contributed by atoms with E-state index < -0.39 is 6.17 Å². The highest BCUT2D eigenvalue weighted by Gasteiger charge is 2.44. The maximum Gasteiger partial charge on any atom is 0.293 e. The number of para-hydroxylation sites is 1. The van der Waals surface area contributed by atoms with Gasteiger partial charge in [0.05, 0.1) is 24.2 Å². The molecule has 0 aliphatic carbocycles. The van der Waals surface area contributed by atoms with E-state index in [0.29, 0.717) is 28.5 Å². The van der Waals surface area contributed by atoms with Crippen molar-refractivity contribution >= 4 is 23.4 Å². The summed E-state index contributed by atoms with van der Waals surface area (Å²) in [7, 11) is 1.62. The number of carbonyl (C=O) groups excluding carboxylic acids is 1. The Bertz CT molecular complexity index is 1140. The first kappa shape index (κ1) is 20.2. The second-order valence-electron chi connectivity index (χ2n) is 6.93. The highest BCUT2D eigenvalue weighted by atomic mass is 32.2. The van der Waals surface area contributed by atoms with Crippen LogP contribution in [-0.4, -0.2) is 29.4 Å². The molecule has 0 spiro atoms. The van der Waals surface area contributed by atoms with Gasteiger partial charge in [-0.1, -0.05) is 35.5 Å². The van der Waals surface area contributed by atoms with Gasteiger partial charge in [-0.15, -0.1) is 0 Å². The van der Waals surface area contributed by atoms with Gasteiger partial charge in [0.15, 0.2) is 0 Å². The maximum absolute atomic E-state index is 13.1. The summed E-state index contributed by atoms with van der Waals surface area (Å²) in [6.45, 7) is 3.77. The fraction of sp³-hybridized carbons (Fsp3) is 0.273. The lowest BCUT2D eigenvalue weighted by atomic mass is 9.99. The van der Waals surface area contributed by atoms with Crippen LogP contribution < -0.4 is 19.4 Å². The van der Waals surface area contributed by atoms with Crippen molar-refractivity contribution in [3.05, 3.63) is 53.6 Å². The van der Waals surface area contributed by atoms with Gasteiger partial charge in [0, 0.05) is 17.1 Å². The number of aromatic nitrogens is 3. The minimum absolute atomic E-state index is 0.0594. The molecule has 1 aromatic heterocycles. The van der Waals surface area contributed by atoms with Crippen molar-refractivity contribution in [2.45, 2.75) is 31.6 Å². The zero-order valence-electron chi connectivity index (χ0n) is 17.2. The number of nitrogens with zero attached hydrogens (tertiary/aromatic N) is 4. The first-order chi connectivity index (χ1) is 14.5. The number of thioether (sulfide) groups is 1. The minimum Gasteiger partial charge on any atom is -0.854 e. The van der Waals surface area contributed by atoms with E-state index in [1.165, 1.54) is 11.8 Å². The lowest BCUT2D eigenvalue weighted by Gasteiger charge is -2.33. The van der Waals surface area contributed by atoms with Gasteiger partial charge in [0.2, 0.25) is 5.91 Å². The highest BCUT2D eigenvalue weighted by Crippen LogP contribution is 2.41. The molecule has 30 heavy (non-hydrogen) atoms. The third-order valence-corrected chi connectivity index (χ3v) is 5.73. The molecule has 1 aliphatic heterocycles. The molecule has 0 fully saturated rings. The van der Waals surface area contributed by atoms with Crippen molar-refractivity contribution in [3.63, 3.8) is 0 Å². The van der Waals surface area contributed by atoms with Crippen LogP contribution >= 0.6 is 11.8 Å². The van der Waals surface area contributed by atoms with Crippen molar-refractivity contribution in [3.8, 4) is 22.9 Å². The summed E-state index contributed by atoms with van der Waals surface area (Å²) in [6.07, 6.45) is 1.54. The molecule has 0 N–H and O–H groups in total. The van der Waals surface area contributed by atoms with Gasteiger partial charge in [0.25, 0.3) is 17.0 Å². The molecule has 1 unspecified atom stereocenters. The molecule has 1 atom stereocenters. The number of benzene rings is 2. The number of fused-ring (bicyclic) bond motifs is 3. The molecule has 2 heterocycles. The van der Waals surface area contributed by atoms with Crippen LogP contribution in [0.5, 0.6) is 11.6 Å². The van der Waals surface area contributed by atoms with Crippen LogP contribution in [0.25, 0.3) is 11.3 Å². The molecular weight excluding hydrogens is 400 g/mol. The number of aryl methyl sites for hydroxylation is 1. The fourth-order valence-corrected chi connectivity index (χ4v) is 4.17. The number of carbonyl (C=O) groups is 1. The second-order valence-corrected chi connectivity index (χ2v) is 7.71. The van der Waals surface area contributed by atoms with Gasteiger partial charge in [-0.2, -0.15) is 0 Å². The van der Waals surface area contributed by atoms with Gasteiger partial charge in [-0.05, 0) is 49.1 Å². The average molecular weight is 423 g/mol. The van der Waals surface area contributed by atoms with Crippen molar-refractivity contribution < 1.29 is 19.3 Å². The zero-order chi connectivity index (χ0) is 21.4. The Labute approximate surface area is 179 Å². The van der Waals surface area contributed by atoms with Crippen molar-refractivity contribution in [1.82, 2.24) is 10.1 Å². The van der Waals surface area contributed by atoms with Crippen LogP contribution in [0.4, 0.5) is 5.69 Å². The molecule has 0 radical (unpaired) electrons. The minimum atomic E-state index is -0.603. The zero-order valence-corrected chi connectivity index (χ0v) is 18.1. The molecule has 0 saturated carbocycles. The molecule has 0 saturated heterocycles. The van der Waals surface area contributed by atoms with Gasteiger partial charge in [-0.3, -0.25) is 4.79 Å². The standard InChI is InChI=1S/C22H22N4O3S/c1-5-18(27)25-16-9-7-6-8-15(16)19-20(28)23-22(30-4)24-26(19)21(25)14-10-11-17(29-3)13(2)12-14/h6-12,21H,5H2,1-4H3. The smallest absolute Gasteiger partial charge is 0.293 e. The Morgan fingerprint density at radius 2 is 2.07 bits per heavy atom. The number of ether oxygens (including phenoxy) is 1. The lowest BCUT2D eigenvalue weighted by molar-refractivity contribution is -0.764. The van der Waals surface area contributed by atoms with Gasteiger partial charge >= 0.3 is 0 Å². The normalized spacial score (nSPS) is 14.8. The van der Waals surface area contributed by atoms with E-state index >= 15 is 0 Å². The van der Waals surface area contributed by atoms with E-state index in [4.69, 9.17) is 4.74 Å². The van der Waals surface area contributed by atoms with Crippen LogP contribution in [0.2, 0.25) is 0 Å². The summed E-state index contributed by atoms with van der Waals surface area (Å²) in [4.78, 5) is 19.0. The topological polar surface area (TPSA) is 82.3 Å². The maximum atomic E-state index is 13.1. The Hall–Kier alpha value is -3.13. The van der Waals surface area contributed by atoms with E-state index in [-0.39, 0.29) is 11.8 Å². The average Bonchev–Trinajstić information content (AvgIpc) is 2.77. The summed E-state index contributed by atoms with van der Waals surface area (Å²) >= 11 is 1.29. The van der Waals surface area contributed by atoms with Crippen LogP contribution in [0.15, 0.2) is 47.6 Å². The number of anilines is 1. The third kappa shape index (κ3) is 3.17. The Balaban J connectivity index is 2.05. The van der Waals surface area contributed by atoms with E-state index in [1.54, 1.807) is 16.7 Å². The summed E-state index contributed by atoms with van der Waals surface area (Å²) in [5, 5.41) is 18.0. The Morgan fingerprint density at radius 1 is 1.30 bits per heavy atom. The van der Waals surface area contributed by atoms with Crippen LogP contribution in [0, 0.1) is 6.92 Å². The number of amides is 1.